The van der Waals surface area contributed by atoms with E-state index in [0.29, 0.717) is 35.9 Å². The molecule has 4 saturated carbocycles. The van der Waals surface area contributed by atoms with Crippen molar-refractivity contribution in [2.24, 2.45) is 17.8 Å². The van der Waals surface area contributed by atoms with Crippen LogP contribution in [0.25, 0.3) is 10.2 Å². The number of likely N-dealkylation sites (tertiary alicyclic amines) is 1. The third kappa shape index (κ3) is 3.35. The number of hydrogen-bond donors (Lipinski definition) is 2. The first-order valence-corrected chi connectivity index (χ1v) is 12.1. The summed E-state index contributed by atoms with van der Waals surface area (Å²) in [6.07, 6.45) is 5.40. The Balaban J connectivity index is 1.07. The first-order valence-electron chi connectivity index (χ1n) is 10.9. The minimum atomic E-state index is -0.496. The number of fused-ring (bicyclic) bond motifs is 1. The summed E-state index contributed by atoms with van der Waals surface area (Å²) in [6, 6.07) is 5.88. The van der Waals surface area contributed by atoms with E-state index < -0.39 is 5.60 Å². The molecule has 1 aliphatic heterocycles. The summed E-state index contributed by atoms with van der Waals surface area (Å²) in [5.41, 5.74) is 0.438. The second kappa shape index (κ2) is 6.97. The largest absolute Gasteiger partial charge is 0.446 e. The Morgan fingerprint density at radius 1 is 1.30 bits per heavy atom. The number of halogens is 1. The maximum Gasteiger partial charge on any atom is 0.410 e. The van der Waals surface area contributed by atoms with Gasteiger partial charge in [0.15, 0.2) is 5.13 Å². The van der Waals surface area contributed by atoms with E-state index in [2.05, 4.69) is 10.3 Å². The normalized spacial score (nSPS) is 37.1. The third-order valence-corrected chi connectivity index (χ3v) is 8.70. The van der Waals surface area contributed by atoms with E-state index in [-0.39, 0.29) is 18.2 Å². The summed E-state index contributed by atoms with van der Waals surface area (Å²) in [7, 11) is 0. The number of anilines is 1. The van der Waals surface area contributed by atoms with Crippen LogP contribution in [0, 0.1) is 17.8 Å². The highest BCUT2D eigenvalue weighted by Gasteiger charge is 2.56. The molecule has 0 radical (unpaired) electrons. The summed E-state index contributed by atoms with van der Waals surface area (Å²) in [6.45, 7) is 1.33. The van der Waals surface area contributed by atoms with Crippen molar-refractivity contribution < 1.29 is 14.6 Å². The van der Waals surface area contributed by atoms with E-state index >= 15 is 0 Å². The molecule has 4 bridgehead atoms. The lowest BCUT2D eigenvalue weighted by Crippen LogP contribution is -2.58. The number of aliphatic hydroxyl groups is 1. The van der Waals surface area contributed by atoms with Crippen molar-refractivity contribution in [1.29, 1.82) is 0 Å². The number of rotatable bonds is 3. The summed E-state index contributed by atoms with van der Waals surface area (Å²) >= 11 is 7.66. The van der Waals surface area contributed by atoms with E-state index in [1.54, 1.807) is 11.3 Å². The van der Waals surface area contributed by atoms with E-state index in [1.165, 1.54) is 0 Å². The lowest BCUT2D eigenvalue weighted by molar-refractivity contribution is -0.177. The molecular weight excluding hydrogens is 422 g/mol. The predicted octanol–water partition coefficient (Wildman–Crippen LogP) is 4.51. The van der Waals surface area contributed by atoms with E-state index in [1.807, 2.05) is 23.1 Å². The maximum atomic E-state index is 12.9. The molecule has 2 aromatic rings. The van der Waals surface area contributed by atoms with Gasteiger partial charge in [-0.1, -0.05) is 22.9 Å². The summed E-state index contributed by atoms with van der Waals surface area (Å²) < 4.78 is 7.09. The van der Waals surface area contributed by atoms with E-state index in [0.717, 1.165) is 53.9 Å². The van der Waals surface area contributed by atoms with Crippen LogP contribution in [0.4, 0.5) is 9.93 Å². The van der Waals surface area contributed by atoms with E-state index in [9.17, 15) is 9.90 Å². The minimum Gasteiger partial charge on any atom is -0.446 e. The van der Waals surface area contributed by atoms with Crippen LogP contribution < -0.4 is 5.32 Å². The quantitative estimate of drug-likeness (QED) is 0.723. The molecule has 8 heteroatoms. The highest BCUT2D eigenvalue weighted by molar-refractivity contribution is 7.22. The molecule has 1 aromatic carbocycles. The van der Waals surface area contributed by atoms with Gasteiger partial charge in [0.25, 0.3) is 0 Å². The van der Waals surface area contributed by atoms with Gasteiger partial charge in [-0.3, -0.25) is 0 Å². The van der Waals surface area contributed by atoms with Crippen molar-refractivity contribution in [2.75, 3.05) is 18.4 Å². The van der Waals surface area contributed by atoms with Crippen molar-refractivity contribution in [2.45, 2.75) is 56.3 Å². The number of carbonyl (C=O) groups excluding carboxylic acids is 1. The molecule has 2 heterocycles. The molecule has 160 valence electrons. The van der Waals surface area contributed by atoms with Crippen LogP contribution in [0.2, 0.25) is 5.02 Å². The fraction of sp³-hybridized carbons (Fsp3) is 0.636. The SMILES string of the molecule is O=C(OC1C2CC3C[C@@H]1CC(O)(C3)C2)N1CCC(Nc2nc3ccc(Cl)cc3s2)C1. The number of nitrogens with zero attached hydrogens (tertiary/aromatic N) is 2. The average molecular weight is 448 g/mol. The van der Waals surface area contributed by atoms with Gasteiger partial charge in [0, 0.05) is 24.2 Å². The summed E-state index contributed by atoms with van der Waals surface area (Å²) in [4.78, 5) is 19.3. The average Bonchev–Trinajstić information content (AvgIpc) is 3.29. The van der Waals surface area contributed by atoms with Gasteiger partial charge in [-0.05, 0) is 74.5 Å². The van der Waals surface area contributed by atoms with Crippen molar-refractivity contribution in [3.63, 3.8) is 0 Å². The standard InChI is InChI=1S/C22H26ClN3O3S/c23-15-1-2-17-18(7-15)30-20(25-17)24-16-3-4-26(11-16)21(27)29-19-13-5-12-6-14(19)10-22(28,8-12)9-13/h1-2,7,12-14,16,19,28H,3-6,8-11H2,(H,24,25)/t12?,13-,14?,16?,19?,22?/m1/s1. The molecule has 2 N–H and O–H groups in total. The Labute approximate surface area is 184 Å². The first kappa shape index (κ1) is 19.1. The fourth-order valence-electron chi connectivity index (χ4n) is 6.50. The molecule has 5 unspecified atom stereocenters. The third-order valence-electron chi connectivity index (χ3n) is 7.52. The van der Waals surface area contributed by atoms with Gasteiger partial charge in [-0.15, -0.1) is 0 Å². The van der Waals surface area contributed by atoms with Crippen molar-refractivity contribution >= 4 is 44.4 Å². The second-order valence-corrected chi connectivity index (χ2v) is 11.2. The van der Waals surface area contributed by atoms with Gasteiger partial charge in [-0.25, -0.2) is 9.78 Å². The van der Waals surface area contributed by atoms with Crippen LogP contribution in [0.3, 0.4) is 0 Å². The smallest absolute Gasteiger partial charge is 0.410 e. The summed E-state index contributed by atoms with van der Waals surface area (Å²) in [5, 5.41) is 15.8. The number of hydrogen-bond acceptors (Lipinski definition) is 6. The van der Waals surface area contributed by atoms with Crippen LogP contribution in [0.15, 0.2) is 18.2 Å². The van der Waals surface area contributed by atoms with Gasteiger partial charge in [0.05, 0.1) is 15.8 Å². The minimum absolute atomic E-state index is 0.0182. The molecule has 5 aliphatic rings. The molecule has 4 aliphatic carbocycles. The van der Waals surface area contributed by atoms with Crippen LogP contribution in [0.5, 0.6) is 0 Å². The Morgan fingerprint density at radius 2 is 2.10 bits per heavy atom. The molecular formula is C22H26ClN3O3S. The van der Waals surface area contributed by atoms with Crippen molar-refractivity contribution in [3.8, 4) is 0 Å². The number of ether oxygens (including phenoxy) is 1. The van der Waals surface area contributed by atoms with Crippen molar-refractivity contribution in [3.05, 3.63) is 23.2 Å². The van der Waals surface area contributed by atoms with Gasteiger partial charge in [-0.2, -0.15) is 0 Å². The zero-order valence-electron chi connectivity index (χ0n) is 16.7. The molecule has 0 spiro atoms. The molecule has 6 nitrogen and oxygen atoms in total. The van der Waals surface area contributed by atoms with Crippen molar-refractivity contribution in [1.82, 2.24) is 9.88 Å². The Bertz CT molecular complexity index is 981. The molecule has 1 amide bonds. The van der Waals surface area contributed by atoms with Crippen LogP contribution in [-0.2, 0) is 4.74 Å². The fourth-order valence-corrected chi connectivity index (χ4v) is 7.72. The lowest BCUT2D eigenvalue weighted by atomic mass is 9.53. The van der Waals surface area contributed by atoms with Crippen LogP contribution >= 0.6 is 22.9 Å². The van der Waals surface area contributed by atoms with Gasteiger partial charge in [0.1, 0.15) is 6.10 Å². The highest BCUT2D eigenvalue weighted by Crippen LogP contribution is 2.56. The second-order valence-electron chi connectivity index (χ2n) is 9.75. The number of benzene rings is 1. The van der Waals surface area contributed by atoms with Gasteiger partial charge < -0.3 is 20.1 Å². The predicted molar refractivity (Wildman–Crippen MR) is 117 cm³/mol. The van der Waals surface area contributed by atoms with Gasteiger partial charge >= 0.3 is 6.09 Å². The Hall–Kier alpha value is -1.57. The number of thiazole rings is 1. The number of nitrogens with one attached hydrogen (secondary N) is 1. The topological polar surface area (TPSA) is 74.7 Å². The van der Waals surface area contributed by atoms with Gasteiger partial charge in [0.2, 0.25) is 0 Å². The van der Waals surface area contributed by atoms with Crippen LogP contribution in [-0.4, -0.2) is 51.9 Å². The van der Waals surface area contributed by atoms with E-state index in [4.69, 9.17) is 16.3 Å². The zero-order chi connectivity index (χ0) is 20.5. The van der Waals surface area contributed by atoms with Crippen LogP contribution in [0.1, 0.15) is 38.5 Å². The molecule has 30 heavy (non-hydrogen) atoms. The zero-order valence-corrected chi connectivity index (χ0v) is 18.3. The molecule has 5 fully saturated rings. The number of aromatic nitrogens is 1. The number of amides is 1. The molecule has 6 atom stereocenters. The Morgan fingerprint density at radius 3 is 2.87 bits per heavy atom. The highest BCUT2D eigenvalue weighted by atomic mass is 35.5. The lowest BCUT2D eigenvalue weighted by Gasteiger charge is -2.57. The number of carbonyl (C=O) groups is 1. The summed E-state index contributed by atoms with van der Waals surface area (Å²) in [5.74, 6) is 1.28. The monoisotopic (exact) mass is 447 g/mol. The molecule has 1 saturated heterocycles. The molecule has 7 rings (SSSR count). The first-order chi connectivity index (χ1) is 14.4. The molecule has 1 aromatic heterocycles. The Kier molecular flexibility index (Phi) is 4.45. The maximum absolute atomic E-state index is 12.9.